The maximum atomic E-state index is 6.63. The zero-order chi connectivity index (χ0) is 37.7. The number of likely N-dealkylation sites (N-methyl/N-ethyl adjacent to an activating group) is 2. The van der Waals surface area contributed by atoms with E-state index in [1.54, 1.807) is 6.20 Å². The summed E-state index contributed by atoms with van der Waals surface area (Å²) in [5.74, 6) is 2.12. The van der Waals surface area contributed by atoms with Crippen molar-refractivity contribution in [2.75, 3.05) is 80.0 Å². The molecule has 2 aromatic carbocycles. The second kappa shape index (κ2) is 14.4. The molecule has 54 heavy (non-hydrogen) atoms. The first-order chi connectivity index (χ1) is 26.1. The molecule has 2 aromatic heterocycles. The summed E-state index contributed by atoms with van der Waals surface area (Å²) in [5.41, 5.74) is 10.00. The van der Waals surface area contributed by atoms with Gasteiger partial charge in [-0.15, -0.1) is 0 Å². The van der Waals surface area contributed by atoms with E-state index in [2.05, 4.69) is 99.3 Å². The molecule has 3 fully saturated rings. The van der Waals surface area contributed by atoms with Gasteiger partial charge in [-0.3, -0.25) is 9.58 Å². The van der Waals surface area contributed by atoms with E-state index < -0.39 is 0 Å². The number of nitrogens with zero attached hydrogens (tertiary/aromatic N) is 8. The van der Waals surface area contributed by atoms with Crippen LogP contribution in [0.3, 0.4) is 0 Å². The minimum Gasteiger partial charge on any atom is -0.485 e. The summed E-state index contributed by atoms with van der Waals surface area (Å²) >= 11 is 6.63. The Morgan fingerprint density at radius 2 is 1.83 bits per heavy atom. The Morgan fingerprint density at radius 3 is 2.59 bits per heavy atom. The van der Waals surface area contributed by atoms with Crippen molar-refractivity contribution in [3.05, 3.63) is 114 Å². The summed E-state index contributed by atoms with van der Waals surface area (Å²) in [6, 6.07) is 13.2. The van der Waals surface area contributed by atoms with Crippen LogP contribution in [-0.4, -0.2) is 90.7 Å². The van der Waals surface area contributed by atoms with Gasteiger partial charge in [0.2, 0.25) is 5.95 Å². The van der Waals surface area contributed by atoms with Crippen LogP contribution >= 0.6 is 11.6 Å². The highest BCUT2D eigenvalue weighted by molar-refractivity contribution is 6.32. The van der Waals surface area contributed by atoms with Gasteiger partial charge in [-0.2, -0.15) is 10.1 Å². The Morgan fingerprint density at radius 1 is 1.04 bits per heavy atom. The van der Waals surface area contributed by atoms with Gasteiger partial charge in [-0.25, -0.2) is 4.98 Å². The van der Waals surface area contributed by atoms with Crippen LogP contribution in [0.4, 0.5) is 28.8 Å². The highest BCUT2D eigenvalue weighted by Crippen LogP contribution is 2.40. The topological polar surface area (TPSA) is 102 Å². The summed E-state index contributed by atoms with van der Waals surface area (Å²) in [7, 11) is 5.87. The zero-order valence-corrected chi connectivity index (χ0v) is 32.1. The van der Waals surface area contributed by atoms with Gasteiger partial charge >= 0.3 is 0 Å². The summed E-state index contributed by atoms with van der Waals surface area (Å²) in [6.45, 7) is 22.5. The molecular formula is C41H48ClN11O. The fraction of sp³-hybridized carbons (Fsp3) is 0.341. The van der Waals surface area contributed by atoms with Gasteiger partial charge in [0.05, 0.1) is 28.8 Å². The first kappa shape index (κ1) is 35.6. The monoisotopic (exact) mass is 745 g/mol. The molecule has 3 N–H and O–H groups in total. The highest BCUT2D eigenvalue weighted by atomic mass is 35.5. The molecule has 1 unspecified atom stereocenters. The van der Waals surface area contributed by atoms with E-state index in [1.807, 2.05) is 35.8 Å². The van der Waals surface area contributed by atoms with Crippen LogP contribution in [0.25, 0.3) is 17.0 Å². The molecule has 4 aliphatic rings. The first-order valence-corrected chi connectivity index (χ1v) is 18.9. The van der Waals surface area contributed by atoms with Crippen LogP contribution in [0.5, 0.6) is 0 Å². The predicted octanol–water partition coefficient (Wildman–Crippen LogP) is 6.32. The van der Waals surface area contributed by atoms with Crippen molar-refractivity contribution in [2.45, 2.75) is 24.8 Å². The number of hydrogen-bond donors (Lipinski definition) is 3. The summed E-state index contributed by atoms with van der Waals surface area (Å²) in [4.78, 5) is 18.9. The Balaban J connectivity index is 0.897. The Kier molecular flexibility index (Phi) is 9.49. The standard InChI is InChI=1S/C41H48ClN11O/c1-25-11-13-32(27(3)45-25)38-33-9-8-10-36(39(33)50(7)48-38)53-22-31(23-53)51-15-17-52(18-16-51)41-44-21-34(42)40(47-41)46-30-12-14-35-29(19-30)20-37(28(4)49(35)6)54-24-26(2)43-5/h8-10,12,14,19-21,31-32,43,45H,1-4,11,13,15-18,22-24H2,5-7H3,(H,44,46,47). The third kappa shape index (κ3) is 6.64. The molecule has 4 aromatic rings. The third-order valence-corrected chi connectivity index (χ3v) is 11.4. The number of aromatic nitrogens is 4. The third-order valence-electron chi connectivity index (χ3n) is 11.1. The summed E-state index contributed by atoms with van der Waals surface area (Å²) in [5, 5.41) is 16.5. The number of piperazine rings is 1. The van der Waals surface area contributed by atoms with Gasteiger partial charge in [0.25, 0.3) is 0 Å². The molecule has 0 radical (unpaired) electrons. The number of allylic oxidation sites excluding steroid dienone is 2. The van der Waals surface area contributed by atoms with E-state index in [-0.39, 0.29) is 5.92 Å². The van der Waals surface area contributed by atoms with Gasteiger partial charge in [-0.1, -0.05) is 50.0 Å². The Bertz CT molecular complexity index is 2190. The lowest BCUT2D eigenvalue weighted by molar-refractivity contribution is 0.157. The molecule has 0 bridgehead atoms. The van der Waals surface area contributed by atoms with Crippen LogP contribution < -0.4 is 30.7 Å². The van der Waals surface area contributed by atoms with Crippen molar-refractivity contribution in [1.82, 2.24) is 35.3 Å². The molecule has 12 nitrogen and oxygen atoms in total. The molecule has 0 aliphatic carbocycles. The summed E-state index contributed by atoms with van der Waals surface area (Å²) < 4.78 is 8.06. The number of ether oxygens (including phenoxy) is 1. The minimum atomic E-state index is 0.181. The van der Waals surface area contributed by atoms with E-state index in [1.165, 1.54) is 16.6 Å². The molecule has 4 aliphatic heterocycles. The van der Waals surface area contributed by atoms with Crippen LogP contribution in [0.1, 0.15) is 30.0 Å². The number of nitrogens with one attached hydrogen (secondary N) is 3. The van der Waals surface area contributed by atoms with Gasteiger partial charge in [0.1, 0.15) is 17.4 Å². The molecule has 3 saturated heterocycles. The van der Waals surface area contributed by atoms with Gasteiger partial charge in [0.15, 0.2) is 5.82 Å². The average molecular weight is 746 g/mol. The van der Waals surface area contributed by atoms with E-state index in [9.17, 15) is 0 Å². The number of rotatable bonds is 10. The number of piperidine rings is 1. The maximum Gasteiger partial charge on any atom is 0.227 e. The molecule has 13 heteroatoms. The van der Waals surface area contributed by atoms with E-state index >= 15 is 0 Å². The van der Waals surface area contributed by atoms with E-state index in [0.29, 0.717) is 35.2 Å². The van der Waals surface area contributed by atoms with Crippen LogP contribution in [0, 0.1) is 0 Å². The number of aryl methyl sites for hydroxylation is 1. The number of hydrogen-bond acceptors (Lipinski definition) is 11. The lowest BCUT2D eigenvalue weighted by atomic mass is 9.90. The lowest BCUT2D eigenvalue weighted by Gasteiger charge is -2.49. The molecule has 280 valence electrons. The lowest BCUT2D eigenvalue weighted by Crippen LogP contribution is -2.63. The average Bonchev–Trinajstić information content (AvgIpc) is 3.49. The van der Waals surface area contributed by atoms with Gasteiger partial charge < -0.3 is 35.4 Å². The van der Waals surface area contributed by atoms with Crippen molar-refractivity contribution >= 4 is 57.4 Å². The number of anilines is 5. The quantitative estimate of drug-likeness (QED) is 0.170. The smallest absolute Gasteiger partial charge is 0.227 e. The Labute approximate surface area is 322 Å². The van der Waals surface area contributed by atoms with E-state index in [4.69, 9.17) is 26.4 Å². The zero-order valence-electron chi connectivity index (χ0n) is 31.3. The number of fused-ring (bicyclic) bond motifs is 2. The van der Waals surface area contributed by atoms with Crippen LogP contribution in [0.15, 0.2) is 97.5 Å². The molecule has 0 saturated carbocycles. The Hall–Kier alpha value is -5.46. The minimum absolute atomic E-state index is 0.181. The number of para-hydroxylation sites is 1. The molecule has 8 rings (SSSR count). The molecule has 1 atom stereocenters. The van der Waals surface area contributed by atoms with E-state index in [0.717, 1.165) is 97.5 Å². The van der Waals surface area contributed by atoms with Crippen LogP contribution in [-0.2, 0) is 11.8 Å². The van der Waals surface area contributed by atoms with Crippen molar-refractivity contribution in [3.8, 4) is 0 Å². The summed E-state index contributed by atoms with van der Waals surface area (Å²) in [6.07, 6.45) is 5.59. The highest BCUT2D eigenvalue weighted by Gasteiger charge is 2.36. The van der Waals surface area contributed by atoms with Gasteiger partial charge in [-0.05, 0) is 43.2 Å². The fourth-order valence-electron chi connectivity index (χ4n) is 7.88. The van der Waals surface area contributed by atoms with Gasteiger partial charge in [0, 0.05) is 112 Å². The number of halogens is 1. The fourth-order valence-corrected chi connectivity index (χ4v) is 8.02. The SMILES string of the molecule is C=C(COC1=Cc2cc(Nc3nc(N4CCN(C5CN(c6cccc7c(C8CCC(=C)NC8=C)nn(C)c67)C5)CC4)ncc3Cl)ccc2N(C)C1=C)NC. The van der Waals surface area contributed by atoms with Crippen molar-refractivity contribution in [3.63, 3.8) is 0 Å². The molecule has 6 heterocycles. The van der Waals surface area contributed by atoms with Crippen molar-refractivity contribution in [1.29, 1.82) is 0 Å². The predicted molar refractivity (Wildman–Crippen MR) is 220 cm³/mol. The molecule has 0 spiro atoms. The van der Waals surface area contributed by atoms with Crippen LogP contribution in [0.2, 0.25) is 5.02 Å². The molecular weight excluding hydrogens is 698 g/mol. The van der Waals surface area contributed by atoms with Crippen molar-refractivity contribution in [2.24, 2.45) is 7.05 Å². The van der Waals surface area contributed by atoms with Crippen molar-refractivity contribution < 1.29 is 4.74 Å². The maximum absolute atomic E-state index is 6.63. The second-order valence-corrected chi connectivity index (χ2v) is 14.9. The first-order valence-electron chi connectivity index (χ1n) is 18.5. The largest absolute Gasteiger partial charge is 0.485 e. The number of benzene rings is 2. The molecule has 0 amide bonds. The second-order valence-electron chi connectivity index (χ2n) is 14.5. The normalized spacial score (nSPS) is 19.3.